The molecule has 1 saturated heterocycles. The summed E-state index contributed by atoms with van der Waals surface area (Å²) in [4.78, 5) is 19.0. The number of benzene rings is 1. The Morgan fingerprint density at radius 1 is 1.29 bits per heavy atom. The lowest BCUT2D eigenvalue weighted by Gasteiger charge is -2.42. The number of guanidine groups is 1. The maximum Gasteiger partial charge on any atom is 0.308 e. The minimum atomic E-state index is -0.0900. The predicted octanol–water partition coefficient (Wildman–Crippen LogP) is 4.23. The van der Waals surface area contributed by atoms with Crippen LogP contribution < -0.4 is 5.32 Å². The molecule has 0 unspecified atom stereocenters. The van der Waals surface area contributed by atoms with Crippen molar-refractivity contribution in [2.24, 2.45) is 10.9 Å². The molecule has 2 aliphatic rings. The zero-order valence-electron chi connectivity index (χ0n) is 16.7. The minimum absolute atomic E-state index is 0. The first-order chi connectivity index (χ1) is 13.1. The highest BCUT2D eigenvalue weighted by atomic mass is 127. The molecule has 0 amide bonds. The maximum atomic E-state index is 11.8. The van der Waals surface area contributed by atoms with Crippen LogP contribution >= 0.6 is 35.6 Å². The molecule has 28 heavy (non-hydrogen) atoms. The van der Waals surface area contributed by atoms with Crippen molar-refractivity contribution in [3.63, 3.8) is 0 Å². The summed E-state index contributed by atoms with van der Waals surface area (Å²) in [6.45, 7) is 5.38. The molecular formula is C21H31ClIN3O2. The van der Waals surface area contributed by atoms with Crippen molar-refractivity contribution in [1.82, 2.24) is 10.2 Å². The number of esters is 1. The summed E-state index contributed by atoms with van der Waals surface area (Å²) in [6, 6.07) is 8.24. The maximum absolute atomic E-state index is 11.8. The van der Waals surface area contributed by atoms with E-state index in [0.717, 1.165) is 50.0 Å². The first kappa shape index (κ1) is 23.3. The van der Waals surface area contributed by atoms with Gasteiger partial charge in [-0.3, -0.25) is 9.79 Å². The third-order valence-corrected chi connectivity index (χ3v) is 6.21. The highest BCUT2D eigenvalue weighted by Crippen LogP contribution is 2.44. The topological polar surface area (TPSA) is 53.9 Å². The quantitative estimate of drug-likeness (QED) is 0.274. The van der Waals surface area contributed by atoms with Crippen LogP contribution in [0.15, 0.2) is 29.3 Å². The van der Waals surface area contributed by atoms with Crippen molar-refractivity contribution in [1.29, 1.82) is 0 Å². The number of nitrogens with zero attached hydrogens (tertiary/aromatic N) is 2. The molecule has 2 fully saturated rings. The molecule has 3 rings (SSSR count). The van der Waals surface area contributed by atoms with Gasteiger partial charge < -0.3 is 15.0 Å². The highest BCUT2D eigenvalue weighted by Gasteiger charge is 2.38. The number of carbonyl (C=O) groups excluding carboxylic acids is 1. The van der Waals surface area contributed by atoms with E-state index in [2.05, 4.69) is 29.3 Å². The first-order valence-corrected chi connectivity index (χ1v) is 10.3. The molecule has 7 heteroatoms. The molecule has 0 atom stereocenters. The molecule has 1 aromatic rings. The van der Waals surface area contributed by atoms with Gasteiger partial charge >= 0.3 is 5.97 Å². The van der Waals surface area contributed by atoms with Crippen LogP contribution in [0.2, 0.25) is 5.02 Å². The van der Waals surface area contributed by atoms with Gasteiger partial charge in [0, 0.05) is 30.1 Å². The van der Waals surface area contributed by atoms with Gasteiger partial charge in [-0.05, 0) is 50.3 Å². The second-order valence-electron chi connectivity index (χ2n) is 7.60. The normalized spacial score (nSPS) is 19.4. The van der Waals surface area contributed by atoms with Gasteiger partial charge in [0.1, 0.15) is 0 Å². The zero-order valence-corrected chi connectivity index (χ0v) is 19.8. The number of nitrogens with one attached hydrogen (secondary N) is 1. The molecule has 156 valence electrons. The van der Waals surface area contributed by atoms with E-state index in [1.165, 1.54) is 31.9 Å². The standard InChI is InChI=1S/C21H30ClN3O2.HI/c1-3-23-20(25-13-9-16(10-14-25)19(26)27-2)24-15-21(11-4-12-21)17-5-7-18(22)8-6-17;/h5-8,16H,3-4,9-15H2,1-2H3,(H,23,24);1H. The summed E-state index contributed by atoms with van der Waals surface area (Å²) >= 11 is 6.06. The van der Waals surface area contributed by atoms with E-state index in [4.69, 9.17) is 21.3 Å². The Kier molecular flexibility index (Phi) is 8.86. The van der Waals surface area contributed by atoms with Gasteiger partial charge in [-0.25, -0.2) is 0 Å². The fraction of sp³-hybridized carbons (Fsp3) is 0.619. The van der Waals surface area contributed by atoms with Crippen molar-refractivity contribution in [2.45, 2.75) is 44.4 Å². The molecule has 0 radical (unpaired) electrons. The number of rotatable bonds is 5. The van der Waals surface area contributed by atoms with Gasteiger partial charge in [0.05, 0.1) is 19.6 Å². The van der Waals surface area contributed by atoms with E-state index in [0.29, 0.717) is 0 Å². The Bertz CT molecular complexity index is 669. The average molecular weight is 520 g/mol. The number of hydrogen-bond acceptors (Lipinski definition) is 3. The Morgan fingerprint density at radius 2 is 1.93 bits per heavy atom. The zero-order chi connectivity index (χ0) is 19.3. The largest absolute Gasteiger partial charge is 0.469 e. The molecule has 1 saturated carbocycles. The SMILES string of the molecule is CCNC(=NCC1(c2ccc(Cl)cc2)CCC1)N1CCC(C(=O)OC)CC1.I. The van der Waals surface area contributed by atoms with E-state index in [9.17, 15) is 4.79 Å². The van der Waals surface area contributed by atoms with Gasteiger partial charge in [0.25, 0.3) is 0 Å². The third kappa shape index (κ3) is 5.32. The Morgan fingerprint density at radius 3 is 2.43 bits per heavy atom. The second-order valence-corrected chi connectivity index (χ2v) is 8.03. The number of likely N-dealkylation sites (tertiary alicyclic amines) is 1. The Hall–Kier alpha value is -1.02. The molecule has 1 aromatic carbocycles. The second kappa shape index (κ2) is 10.7. The van der Waals surface area contributed by atoms with Gasteiger partial charge in [0.15, 0.2) is 5.96 Å². The van der Waals surface area contributed by atoms with Crippen LogP contribution in [0.5, 0.6) is 0 Å². The lowest BCUT2D eigenvalue weighted by Crippen LogP contribution is -2.47. The van der Waals surface area contributed by atoms with Crippen molar-refractivity contribution in [3.05, 3.63) is 34.9 Å². The fourth-order valence-corrected chi connectivity index (χ4v) is 4.22. The number of methoxy groups -OCH3 is 1. The number of ether oxygens (including phenoxy) is 1. The molecule has 1 heterocycles. The first-order valence-electron chi connectivity index (χ1n) is 9.95. The fourth-order valence-electron chi connectivity index (χ4n) is 4.09. The molecular weight excluding hydrogens is 489 g/mol. The smallest absolute Gasteiger partial charge is 0.308 e. The number of halogens is 2. The van der Waals surface area contributed by atoms with Gasteiger partial charge in [-0.2, -0.15) is 0 Å². The molecule has 1 aliphatic heterocycles. The van der Waals surface area contributed by atoms with Crippen LogP contribution in [0.3, 0.4) is 0 Å². The van der Waals surface area contributed by atoms with E-state index in [-0.39, 0.29) is 41.3 Å². The summed E-state index contributed by atoms with van der Waals surface area (Å²) in [5, 5.41) is 4.21. The van der Waals surface area contributed by atoms with Crippen LogP contribution in [0.1, 0.15) is 44.6 Å². The lowest BCUT2D eigenvalue weighted by atomic mass is 9.64. The van der Waals surface area contributed by atoms with Crippen LogP contribution in [0.4, 0.5) is 0 Å². The molecule has 0 bridgehead atoms. The lowest BCUT2D eigenvalue weighted by molar-refractivity contribution is -0.146. The molecule has 5 nitrogen and oxygen atoms in total. The van der Waals surface area contributed by atoms with Crippen LogP contribution in [-0.2, 0) is 14.9 Å². The predicted molar refractivity (Wildman–Crippen MR) is 125 cm³/mol. The Balaban J connectivity index is 0.00000280. The van der Waals surface area contributed by atoms with Crippen molar-refractivity contribution in [2.75, 3.05) is 33.3 Å². The van der Waals surface area contributed by atoms with Crippen molar-refractivity contribution >= 4 is 47.5 Å². The third-order valence-electron chi connectivity index (χ3n) is 5.96. The van der Waals surface area contributed by atoms with Gasteiger partial charge in [-0.15, -0.1) is 24.0 Å². The number of carbonyl (C=O) groups is 1. The van der Waals surface area contributed by atoms with Crippen molar-refractivity contribution < 1.29 is 9.53 Å². The number of hydrogen-bond donors (Lipinski definition) is 1. The summed E-state index contributed by atoms with van der Waals surface area (Å²) in [7, 11) is 1.47. The van der Waals surface area contributed by atoms with Gasteiger partial charge in [0.2, 0.25) is 0 Å². The molecule has 1 N–H and O–H groups in total. The monoisotopic (exact) mass is 519 g/mol. The van der Waals surface area contributed by atoms with E-state index in [1.807, 2.05) is 12.1 Å². The molecule has 0 aromatic heterocycles. The average Bonchev–Trinajstić information content (AvgIpc) is 2.67. The summed E-state index contributed by atoms with van der Waals surface area (Å²) in [5.41, 5.74) is 1.47. The van der Waals surface area contributed by atoms with Crippen LogP contribution in [0, 0.1) is 5.92 Å². The van der Waals surface area contributed by atoms with Crippen LogP contribution in [-0.4, -0.2) is 50.1 Å². The summed E-state index contributed by atoms with van der Waals surface area (Å²) < 4.78 is 4.89. The molecule has 1 aliphatic carbocycles. The van der Waals surface area contributed by atoms with E-state index < -0.39 is 0 Å². The summed E-state index contributed by atoms with van der Waals surface area (Å²) in [6.07, 6.45) is 5.22. The van der Waals surface area contributed by atoms with Gasteiger partial charge in [-0.1, -0.05) is 30.2 Å². The summed E-state index contributed by atoms with van der Waals surface area (Å²) in [5.74, 6) is 0.884. The highest BCUT2D eigenvalue weighted by molar-refractivity contribution is 14.0. The van der Waals surface area contributed by atoms with Crippen LogP contribution in [0.25, 0.3) is 0 Å². The number of piperidine rings is 1. The molecule has 0 spiro atoms. The van der Waals surface area contributed by atoms with E-state index >= 15 is 0 Å². The minimum Gasteiger partial charge on any atom is -0.469 e. The van der Waals surface area contributed by atoms with E-state index in [1.54, 1.807) is 0 Å². The Labute approximate surface area is 190 Å². The van der Waals surface area contributed by atoms with Crippen molar-refractivity contribution in [3.8, 4) is 0 Å². The number of aliphatic imine (C=N–C) groups is 1.